The van der Waals surface area contributed by atoms with Crippen molar-refractivity contribution in [3.05, 3.63) is 0 Å². The Morgan fingerprint density at radius 2 is 1.46 bits per heavy atom. The molecule has 4 nitrogen and oxygen atoms in total. The molecule has 13 heavy (non-hydrogen) atoms. The molecule has 1 unspecified atom stereocenters. The van der Waals surface area contributed by atoms with Gasteiger partial charge in [-0.2, -0.15) is 0 Å². The van der Waals surface area contributed by atoms with Crippen LogP contribution in [0.3, 0.4) is 0 Å². The topological polar surface area (TPSA) is 86.7 Å². The van der Waals surface area contributed by atoms with E-state index in [1.807, 2.05) is 0 Å². The SMILES string of the molecule is NC1(CO)CCCCC1(CO)CO. The fourth-order valence-corrected chi connectivity index (χ4v) is 2.19. The lowest BCUT2D eigenvalue weighted by Gasteiger charge is -2.48. The van der Waals surface area contributed by atoms with E-state index in [0.29, 0.717) is 12.8 Å². The maximum absolute atomic E-state index is 9.26. The molecule has 1 aliphatic carbocycles. The number of aliphatic hydroxyl groups is 3. The van der Waals surface area contributed by atoms with Crippen LogP contribution in [0.4, 0.5) is 0 Å². The van der Waals surface area contributed by atoms with Gasteiger partial charge in [0.05, 0.1) is 19.8 Å². The molecular weight excluding hydrogens is 170 g/mol. The second-order valence-corrected chi connectivity index (χ2v) is 4.12. The van der Waals surface area contributed by atoms with Gasteiger partial charge in [0.1, 0.15) is 0 Å². The first-order chi connectivity index (χ1) is 6.14. The van der Waals surface area contributed by atoms with E-state index in [0.717, 1.165) is 12.8 Å². The number of rotatable bonds is 3. The van der Waals surface area contributed by atoms with E-state index in [4.69, 9.17) is 5.73 Å². The molecule has 1 rings (SSSR count). The van der Waals surface area contributed by atoms with Crippen LogP contribution in [-0.4, -0.2) is 40.7 Å². The summed E-state index contributed by atoms with van der Waals surface area (Å²) in [7, 11) is 0. The van der Waals surface area contributed by atoms with Crippen molar-refractivity contribution < 1.29 is 15.3 Å². The van der Waals surface area contributed by atoms with Gasteiger partial charge in [0.15, 0.2) is 0 Å². The van der Waals surface area contributed by atoms with Crippen LogP contribution in [0.15, 0.2) is 0 Å². The van der Waals surface area contributed by atoms with E-state index in [1.165, 1.54) is 0 Å². The standard InChI is InChI=1S/C9H19NO3/c10-9(7-13)4-2-1-3-8(9,5-11)6-12/h11-13H,1-7,10H2. The summed E-state index contributed by atoms with van der Waals surface area (Å²) in [6.45, 7) is -0.477. The van der Waals surface area contributed by atoms with E-state index >= 15 is 0 Å². The first-order valence-corrected chi connectivity index (χ1v) is 4.76. The summed E-state index contributed by atoms with van der Waals surface area (Å²) in [4.78, 5) is 0. The average molecular weight is 189 g/mol. The average Bonchev–Trinajstić information content (AvgIpc) is 2.19. The van der Waals surface area contributed by atoms with E-state index in [1.54, 1.807) is 0 Å². The summed E-state index contributed by atoms with van der Waals surface area (Å²) in [6.07, 6.45) is 3.28. The Balaban J connectivity index is 2.87. The van der Waals surface area contributed by atoms with Crippen LogP contribution >= 0.6 is 0 Å². The van der Waals surface area contributed by atoms with E-state index in [2.05, 4.69) is 0 Å². The third kappa shape index (κ3) is 1.59. The predicted octanol–water partition coefficient (Wildman–Crippen LogP) is -0.779. The van der Waals surface area contributed by atoms with Crippen molar-refractivity contribution in [3.8, 4) is 0 Å². The van der Waals surface area contributed by atoms with Gasteiger partial charge in [0, 0.05) is 11.0 Å². The lowest BCUT2D eigenvalue weighted by atomic mass is 9.62. The Kier molecular flexibility index (Phi) is 3.29. The van der Waals surface area contributed by atoms with Gasteiger partial charge in [0.25, 0.3) is 0 Å². The quantitative estimate of drug-likeness (QED) is 0.469. The van der Waals surface area contributed by atoms with Gasteiger partial charge in [0.2, 0.25) is 0 Å². The minimum absolute atomic E-state index is 0.152. The summed E-state index contributed by atoms with van der Waals surface area (Å²) < 4.78 is 0. The molecule has 0 radical (unpaired) electrons. The van der Waals surface area contributed by atoms with Crippen molar-refractivity contribution >= 4 is 0 Å². The molecule has 0 aromatic carbocycles. The number of hydrogen-bond donors (Lipinski definition) is 4. The van der Waals surface area contributed by atoms with Gasteiger partial charge in [-0.15, -0.1) is 0 Å². The molecular formula is C9H19NO3. The van der Waals surface area contributed by atoms with Gasteiger partial charge in [-0.3, -0.25) is 0 Å². The van der Waals surface area contributed by atoms with Crippen LogP contribution in [0.1, 0.15) is 25.7 Å². The minimum Gasteiger partial charge on any atom is -0.396 e. The second kappa shape index (κ2) is 3.92. The van der Waals surface area contributed by atoms with E-state index in [-0.39, 0.29) is 19.8 Å². The fraction of sp³-hybridized carbons (Fsp3) is 1.00. The van der Waals surface area contributed by atoms with Crippen molar-refractivity contribution in [2.24, 2.45) is 11.1 Å². The maximum atomic E-state index is 9.26. The third-order valence-electron chi connectivity index (χ3n) is 3.47. The maximum Gasteiger partial charge on any atom is 0.0618 e. The smallest absolute Gasteiger partial charge is 0.0618 e. The summed E-state index contributed by atoms with van der Waals surface area (Å²) in [5.41, 5.74) is 4.48. The molecule has 0 spiro atoms. The first-order valence-electron chi connectivity index (χ1n) is 4.76. The molecule has 0 aromatic heterocycles. The van der Waals surface area contributed by atoms with E-state index < -0.39 is 11.0 Å². The summed E-state index contributed by atoms with van der Waals surface area (Å²) in [6, 6.07) is 0. The molecule has 0 aromatic rings. The highest BCUT2D eigenvalue weighted by Crippen LogP contribution is 2.41. The normalized spacial score (nSPS) is 33.2. The molecule has 0 amide bonds. The molecule has 1 saturated carbocycles. The van der Waals surface area contributed by atoms with Gasteiger partial charge in [-0.25, -0.2) is 0 Å². The van der Waals surface area contributed by atoms with Crippen LogP contribution in [0.5, 0.6) is 0 Å². The molecule has 0 saturated heterocycles. The zero-order chi connectivity index (χ0) is 9.95. The Bertz CT molecular complexity index is 170. The Morgan fingerprint density at radius 3 is 1.85 bits per heavy atom. The third-order valence-corrected chi connectivity index (χ3v) is 3.47. The molecule has 0 bridgehead atoms. The zero-order valence-electron chi connectivity index (χ0n) is 7.87. The molecule has 1 aliphatic rings. The molecule has 1 fully saturated rings. The van der Waals surface area contributed by atoms with Gasteiger partial charge in [-0.05, 0) is 12.8 Å². The molecule has 0 heterocycles. The van der Waals surface area contributed by atoms with Crippen molar-refractivity contribution in [2.75, 3.05) is 19.8 Å². The van der Waals surface area contributed by atoms with Crippen molar-refractivity contribution in [1.82, 2.24) is 0 Å². The predicted molar refractivity (Wildman–Crippen MR) is 49.1 cm³/mol. The largest absolute Gasteiger partial charge is 0.396 e. The van der Waals surface area contributed by atoms with Crippen LogP contribution in [-0.2, 0) is 0 Å². The lowest BCUT2D eigenvalue weighted by molar-refractivity contribution is -0.0626. The van der Waals surface area contributed by atoms with Crippen molar-refractivity contribution in [2.45, 2.75) is 31.2 Å². The summed E-state index contributed by atoms with van der Waals surface area (Å²) >= 11 is 0. The van der Waals surface area contributed by atoms with E-state index in [9.17, 15) is 15.3 Å². The van der Waals surface area contributed by atoms with Crippen molar-refractivity contribution in [3.63, 3.8) is 0 Å². The van der Waals surface area contributed by atoms with Crippen molar-refractivity contribution in [1.29, 1.82) is 0 Å². The summed E-state index contributed by atoms with van der Waals surface area (Å²) in [5, 5.41) is 27.7. The Hall–Kier alpha value is -0.160. The first kappa shape index (κ1) is 10.9. The highest BCUT2D eigenvalue weighted by molar-refractivity contribution is 5.04. The fourth-order valence-electron chi connectivity index (χ4n) is 2.19. The molecule has 5 N–H and O–H groups in total. The molecule has 78 valence electrons. The van der Waals surface area contributed by atoms with Crippen LogP contribution in [0.25, 0.3) is 0 Å². The number of aliphatic hydroxyl groups excluding tert-OH is 3. The monoisotopic (exact) mass is 189 g/mol. The molecule has 0 aliphatic heterocycles. The van der Waals surface area contributed by atoms with Crippen LogP contribution in [0, 0.1) is 5.41 Å². The van der Waals surface area contributed by atoms with Gasteiger partial charge < -0.3 is 21.1 Å². The molecule has 4 heteroatoms. The van der Waals surface area contributed by atoms with Crippen LogP contribution < -0.4 is 5.73 Å². The highest BCUT2D eigenvalue weighted by Gasteiger charge is 2.49. The van der Waals surface area contributed by atoms with Crippen LogP contribution in [0.2, 0.25) is 0 Å². The lowest BCUT2D eigenvalue weighted by Crippen LogP contribution is -2.63. The number of nitrogens with two attached hydrogens (primary N) is 1. The minimum atomic E-state index is -0.811. The number of hydrogen-bond acceptors (Lipinski definition) is 4. The second-order valence-electron chi connectivity index (χ2n) is 4.12. The summed E-state index contributed by atoms with van der Waals surface area (Å²) in [5.74, 6) is 0. The molecule has 1 atom stereocenters. The highest BCUT2D eigenvalue weighted by atomic mass is 16.3. The van der Waals surface area contributed by atoms with Gasteiger partial charge >= 0.3 is 0 Å². The van der Waals surface area contributed by atoms with Gasteiger partial charge in [-0.1, -0.05) is 12.8 Å². The Morgan fingerprint density at radius 1 is 0.923 bits per heavy atom. The Labute approximate surface area is 78.4 Å². The zero-order valence-corrected chi connectivity index (χ0v) is 7.87.